The molecule has 120 valence electrons. The summed E-state index contributed by atoms with van der Waals surface area (Å²) in [5.74, 6) is -0.165. The Morgan fingerprint density at radius 3 is 2.91 bits per heavy atom. The molecule has 1 aromatic heterocycles. The monoisotopic (exact) mass is 324 g/mol. The number of morpholine rings is 1. The van der Waals surface area contributed by atoms with Crippen LogP contribution in [-0.4, -0.2) is 65.0 Å². The van der Waals surface area contributed by atoms with Crippen LogP contribution in [0.2, 0.25) is 0 Å². The van der Waals surface area contributed by atoms with Gasteiger partial charge in [0.2, 0.25) is 0 Å². The number of nitrogens with zero attached hydrogens (tertiary/aromatic N) is 3. The predicted octanol–water partition coefficient (Wildman–Crippen LogP) is 0.847. The number of urea groups is 1. The molecule has 3 heterocycles. The Kier molecular flexibility index (Phi) is 4.16. The highest BCUT2D eigenvalue weighted by atomic mass is 32.1. The zero-order chi connectivity index (χ0) is 15.7. The Hall–Kier alpha value is -1.51. The molecule has 8 heteroatoms. The molecular weight excluding hydrogens is 304 g/mol. The fourth-order valence-electron chi connectivity index (χ4n) is 2.71. The summed E-state index contributed by atoms with van der Waals surface area (Å²) in [7, 11) is 0. The molecule has 0 bridgehead atoms. The van der Waals surface area contributed by atoms with E-state index in [1.54, 1.807) is 31.4 Å². The second-order valence-electron chi connectivity index (χ2n) is 6.04. The summed E-state index contributed by atoms with van der Waals surface area (Å²) in [5, 5.41) is 5.61. The number of rotatable bonds is 4. The number of thiazole rings is 1. The van der Waals surface area contributed by atoms with E-state index in [4.69, 9.17) is 4.74 Å². The minimum atomic E-state index is -0.800. The van der Waals surface area contributed by atoms with Crippen LogP contribution in [0.15, 0.2) is 11.6 Å². The van der Waals surface area contributed by atoms with E-state index in [1.165, 1.54) is 4.90 Å². The molecule has 0 radical (unpaired) electrons. The van der Waals surface area contributed by atoms with Gasteiger partial charge in [-0.2, -0.15) is 0 Å². The number of carbonyl (C=O) groups is 2. The average molecular weight is 324 g/mol. The lowest BCUT2D eigenvalue weighted by molar-refractivity contribution is -0.130. The Labute approximate surface area is 133 Å². The molecule has 0 aromatic carbocycles. The van der Waals surface area contributed by atoms with E-state index >= 15 is 0 Å². The van der Waals surface area contributed by atoms with Gasteiger partial charge in [0.1, 0.15) is 16.7 Å². The maximum absolute atomic E-state index is 12.2. The first kappa shape index (κ1) is 15.4. The van der Waals surface area contributed by atoms with Crippen LogP contribution in [0.3, 0.4) is 0 Å². The smallest absolute Gasteiger partial charge is 0.325 e. The van der Waals surface area contributed by atoms with Crippen molar-refractivity contribution in [3.63, 3.8) is 0 Å². The minimum Gasteiger partial charge on any atom is -0.368 e. The number of nitrogens with one attached hydrogen (secondary N) is 1. The maximum atomic E-state index is 12.2. The number of amides is 3. The normalized spacial score (nSPS) is 25.5. The fraction of sp³-hybridized carbons (Fsp3) is 0.643. The van der Waals surface area contributed by atoms with Gasteiger partial charge in [-0.25, -0.2) is 9.78 Å². The highest BCUT2D eigenvalue weighted by Gasteiger charge is 2.44. The van der Waals surface area contributed by atoms with Gasteiger partial charge in [-0.1, -0.05) is 0 Å². The van der Waals surface area contributed by atoms with E-state index in [9.17, 15) is 9.59 Å². The first-order valence-corrected chi connectivity index (χ1v) is 8.23. The van der Waals surface area contributed by atoms with Gasteiger partial charge in [-0.05, 0) is 13.8 Å². The third kappa shape index (κ3) is 2.99. The molecule has 3 rings (SSSR count). The van der Waals surface area contributed by atoms with Crippen LogP contribution >= 0.6 is 11.3 Å². The van der Waals surface area contributed by atoms with E-state index in [0.29, 0.717) is 19.7 Å². The zero-order valence-corrected chi connectivity index (χ0v) is 13.6. The van der Waals surface area contributed by atoms with E-state index in [-0.39, 0.29) is 18.0 Å². The van der Waals surface area contributed by atoms with E-state index in [2.05, 4.69) is 15.2 Å². The molecule has 2 aliphatic heterocycles. The summed E-state index contributed by atoms with van der Waals surface area (Å²) in [5.41, 5.74) is -0.800. The Balaban J connectivity index is 1.55. The predicted molar refractivity (Wildman–Crippen MR) is 81.6 cm³/mol. The molecular formula is C14H20N4O3S. The molecule has 0 spiro atoms. The zero-order valence-electron chi connectivity index (χ0n) is 12.7. The van der Waals surface area contributed by atoms with Crippen molar-refractivity contribution in [2.75, 3.05) is 32.8 Å². The van der Waals surface area contributed by atoms with E-state index in [1.807, 2.05) is 5.38 Å². The summed E-state index contributed by atoms with van der Waals surface area (Å²) in [6.07, 6.45) is 1.76. The van der Waals surface area contributed by atoms with Gasteiger partial charge < -0.3 is 10.1 Å². The van der Waals surface area contributed by atoms with Gasteiger partial charge in [0.15, 0.2) is 0 Å². The number of hydrogen-bond acceptors (Lipinski definition) is 6. The lowest BCUT2D eigenvalue weighted by Crippen LogP contribution is -2.45. The first-order valence-electron chi connectivity index (χ1n) is 7.35. The van der Waals surface area contributed by atoms with Crippen LogP contribution in [0.5, 0.6) is 0 Å². The Bertz CT molecular complexity index is 560. The average Bonchev–Trinajstić information content (AvgIpc) is 3.06. The van der Waals surface area contributed by atoms with Crippen molar-refractivity contribution in [2.24, 2.45) is 0 Å². The molecule has 2 aliphatic rings. The van der Waals surface area contributed by atoms with Crippen LogP contribution in [0, 0.1) is 0 Å². The number of aromatic nitrogens is 1. The highest BCUT2D eigenvalue weighted by molar-refractivity contribution is 7.09. The third-order valence-corrected chi connectivity index (χ3v) is 4.83. The van der Waals surface area contributed by atoms with Crippen LogP contribution in [0.25, 0.3) is 0 Å². The van der Waals surface area contributed by atoms with Crippen LogP contribution < -0.4 is 5.32 Å². The quantitative estimate of drug-likeness (QED) is 0.831. The van der Waals surface area contributed by atoms with Crippen LogP contribution in [0.1, 0.15) is 25.0 Å². The Morgan fingerprint density at radius 1 is 1.45 bits per heavy atom. The standard InChI is InChI=1S/C14H20N4O3S/c1-14(2)12(19)18(13(20)16-14)5-4-17-6-7-21-10(9-17)11-15-3-8-22-11/h3,8,10H,4-7,9H2,1-2H3,(H,16,20)/t10-/m1/s1. The molecule has 7 nitrogen and oxygen atoms in total. The van der Waals surface area contributed by atoms with Gasteiger partial charge >= 0.3 is 6.03 Å². The van der Waals surface area contributed by atoms with Crippen molar-refractivity contribution in [3.05, 3.63) is 16.6 Å². The summed E-state index contributed by atoms with van der Waals surface area (Å²) >= 11 is 1.58. The molecule has 0 aliphatic carbocycles. The van der Waals surface area contributed by atoms with Gasteiger partial charge in [0, 0.05) is 37.8 Å². The molecule has 3 amide bonds. The van der Waals surface area contributed by atoms with Crippen molar-refractivity contribution in [3.8, 4) is 0 Å². The van der Waals surface area contributed by atoms with Crippen molar-refractivity contribution in [1.82, 2.24) is 20.1 Å². The van der Waals surface area contributed by atoms with Gasteiger partial charge in [-0.3, -0.25) is 14.6 Å². The third-order valence-electron chi connectivity index (χ3n) is 3.96. The maximum Gasteiger partial charge on any atom is 0.325 e. The lowest BCUT2D eigenvalue weighted by atomic mass is 10.1. The summed E-state index contributed by atoms with van der Waals surface area (Å²) in [4.78, 5) is 31.8. The van der Waals surface area contributed by atoms with Crippen molar-refractivity contribution < 1.29 is 14.3 Å². The van der Waals surface area contributed by atoms with E-state index in [0.717, 1.165) is 18.1 Å². The SMILES string of the molecule is CC1(C)NC(=O)N(CCN2CCO[C@@H](c3nccs3)C2)C1=O. The van der Waals surface area contributed by atoms with Gasteiger partial charge in [0.25, 0.3) is 5.91 Å². The number of ether oxygens (including phenoxy) is 1. The second-order valence-corrected chi connectivity index (χ2v) is 6.97. The number of carbonyl (C=O) groups excluding carboxylic acids is 2. The number of imide groups is 1. The lowest BCUT2D eigenvalue weighted by Gasteiger charge is -2.32. The molecule has 2 fully saturated rings. The second kappa shape index (κ2) is 5.94. The summed E-state index contributed by atoms with van der Waals surface area (Å²) < 4.78 is 5.75. The highest BCUT2D eigenvalue weighted by Crippen LogP contribution is 2.24. The molecule has 1 N–H and O–H groups in total. The molecule has 22 heavy (non-hydrogen) atoms. The van der Waals surface area contributed by atoms with E-state index < -0.39 is 5.54 Å². The molecule has 2 saturated heterocycles. The Morgan fingerprint density at radius 2 is 2.27 bits per heavy atom. The first-order chi connectivity index (χ1) is 10.5. The molecule has 1 atom stereocenters. The minimum absolute atomic E-state index is 0.0201. The largest absolute Gasteiger partial charge is 0.368 e. The van der Waals surface area contributed by atoms with Crippen molar-refractivity contribution in [1.29, 1.82) is 0 Å². The molecule has 0 saturated carbocycles. The number of hydrogen-bond donors (Lipinski definition) is 1. The van der Waals surface area contributed by atoms with Crippen molar-refractivity contribution >= 4 is 23.3 Å². The summed E-state index contributed by atoms with van der Waals surface area (Å²) in [6, 6.07) is -0.306. The molecule has 1 aromatic rings. The molecule has 0 unspecified atom stereocenters. The van der Waals surface area contributed by atoms with Crippen molar-refractivity contribution in [2.45, 2.75) is 25.5 Å². The van der Waals surface area contributed by atoms with Crippen LogP contribution in [0.4, 0.5) is 4.79 Å². The van der Waals surface area contributed by atoms with Gasteiger partial charge in [-0.15, -0.1) is 11.3 Å². The summed E-state index contributed by atoms with van der Waals surface area (Å²) in [6.45, 7) is 6.67. The fourth-order valence-corrected chi connectivity index (χ4v) is 3.39. The topological polar surface area (TPSA) is 74.8 Å². The van der Waals surface area contributed by atoms with Gasteiger partial charge in [0.05, 0.1) is 6.61 Å². The van der Waals surface area contributed by atoms with Crippen LogP contribution in [-0.2, 0) is 9.53 Å².